The molecule has 1 aromatic carbocycles. The third kappa shape index (κ3) is 2.84. The maximum Gasteiger partial charge on any atom is 0.227 e. The predicted molar refractivity (Wildman–Crippen MR) is 95.3 cm³/mol. The number of hydrogen-bond donors (Lipinski definition) is 2. The largest absolute Gasteiger partial charge is 0.394 e. The number of hydrogen-bond acceptors (Lipinski definition) is 4. The second-order valence-electron chi connectivity index (χ2n) is 6.95. The summed E-state index contributed by atoms with van der Waals surface area (Å²) < 4.78 is 0. The summed E-state index contributed by atoms with van der Waals surface area (Å²) in [4.78, 5) is 18.9. The van der Waals surface area contributed by atoms with Crippen LogP contribution in [0.2, 0.25) is 0 Å². The number of carbonyl (C=O) groups is 1. The van der Waals surface area contributed by atoms with Gasteiger partial charge in [-0.05, 0) is 56.9 Å². The zero-order chi connectivity index (χ0) is 16.7. The van der Waals surface area contributed by atoms with Crippen molar-refractivity contribution in [1.29, 1.82) is 0 Å². The minimum atomic E-state index is 0.113. The number of aliphatic hydroxyl groups excluding tert-OH is 1. The molecule has 2 N–H and O–H groups in total. The van der Waals surface area contributed by atoms with Gasteiger partial charge >= 0.3 is 0 Å². The molecule has 1 aliphatic carbocycles. The zero-order valence-electron chi connectivity index (χ0n) is 14.0. The molecule has 2 aromatic rings. The van der Waals surface area contributed by atoms with Gasteiger partial charge in [-0.2, -0.15) is 0 Å². The summed E-state index contributed by atoms with van der Waals surface area (Å²) in [5.74, 6) is 0.304. The highest BCUT2D eigenvalue weighted by molar-refractivity contribution is 5.98. The Morgan fingerprint density at radius 2 is 2.17 bits per heavy atom. The van der Waals surface area contributed by atoms with Gasteiger partial charge in [0, 0.05) is 34.9 Å². The molecule has 1 amide bonds. The highest BCUT2D eigenvalue weighted by Crippen LogP contribution is 2.34. The lowest BCUT2D eigenvalue weighted by Crippen LogP contribution is -2.32. The molecule has 1 atom stereocenters. The Morgan fingerprint density at radius 1 is 1.33 bits per heavy atom. The van der Waals surface area contributed by atoms with E-state index in [4.69, 9.17) is 0 Å². The van der Waals surface area contributed by atoms with Crippen molar-refractivity contribution in [2.24, 2.45) is 5.92 Å². The molecule has 4 rings (SSSR count). The normalized spacial score (nSPS) is 20.6. The Balaban J connectivity index is 1.71. The van der Waals surface area contributed by atoms with Crippen LogP contribution in [0.1, 0.15) is 31.4 Å². The molecule has 1 saturated heterocycles. The van der Waals surface area contributed by atoms with Crippen molar-refractivity contribution in [3.05, 3.63) is 30.0 Å². The first kappa shape index (κ1) is 15.4. The summed E-state index contributed by atoms with van der Waals surface area (Å²) in [7, 11) is 0. The number of nitrogens with one attached hydrogen (secondary N) is 1. The lowest BCUT2D eigenvalue weighted by Gasteiger charge is -2.27. The summed E-state index contributed by atoms with van der Waals surface area (Å²) in [5.41, 5.74) is 3.78. The van der Waals surface area contributed by atoms with Gasteiger partial charge in [0.2, 0.25) is 5.91 Å². The van der Waals surface area contributed by atoms with Gasteiger partial charge in [0.05, 0.1) is 18.2 Å². The fourth-order valence-electron chi connectivity index (χ4n) is 3.59. The maximum atomic E-state index is 12.0. The number of fused-ring (bicyclic) bond motifs is 1. The van der Waals surface area contributed by atoms with Crippen molar-refractivity contribution < 1.29 is 9.90 Å². The van der Waals surface area contributed by atoms with Crippen LogP contribution in [0, 0.1) is 12.8 Å². The van der Waals surface area contributed by atoms with Crippen molar-refractivity contribution in [1.82, 2.24) is 4.98 Å². The molecule has 0 spiro atoms. The Kier molecular flexibility index (Phi) is 3.88. The molecular weight excluding hydrogens is 302 g/mol. The van der Waals surface area contributed by atoms with Crippen LogP contribution < -0.4 is 10.2 Å². The van der Waals surface area contributed by atoms with E-state index in [1.54, 1.807) is 0 Å². The lowest BCUT2D eigenvalue weighted by molar-refractivity contribution is -0.117. The van der Waals surface area contributed by atoms with E-state index in [2.05, 4.69) is 21.3 Å². The second kappa shape index (κ2) is 6.06. The fraction of sp³-hybridized carbons (Fsp3) is 0.474. The number of pyridine rings is 1. The van der Waals surface area contributed by atoms with Gasteiger partial charge in [0.25, 0.3) is 0 Å². The lowest BCUT2D eigenvalue weighted by atomic mass is 10.1. The molecule has 126 valence electrons. The van der Waals surface area contributed by atoms with Gasteiger partial charge in [-0.1, -0.05) is 0 Å². The summed E-state index contributed by atoms with van der Waals surface area (Å²) in [6, 6.07) is 8.22. The first-order valence-electron chi connectivity index (χ1n) is 8.75. The van der Waals surface area contributed by atoms with E-state index in [-0.39, 0.29) is 24.5 Å². The summed E-state index contributed by atoms with van der Waals surface area (Å²) in [5, 5.41) is 13.7. The fourth-order valence-corrected chi connectivity index (χ4v) is 3.59. The molecule has 1 aromatic heterocycles. The van der Waals surface area contributed by atoms with Gasteiger partial charge < -0.3 is 15.3 Å². The number of aryl methyl sites for hydroxylation is 1. The van der Waals surface area contributed by atoms with Gasteiger partial charge in [0.15, 0.2) is 0 Å². The molecular formula is C19H23N3O2. The number of carbonyl (C=O) groups excluding carboxylic acids is 1. The van der Waals surface area contributed by atoms with Crippen LogP contribution in [0.15, 0.2) is 24.3 Å². The van der Waals surface area contributed by atoms with Gasteiger partial charge in [-0.3, -0.25) is 9.78 Å². The molecule has 5 nitrogen and oxygen atoms in total. The van der Waals surface area contributed by atoms with Crippen molar-refractivity contribution in [3.63, 3.8) is 0 Å². The number of aromatic nitrogens is 1. The minimum Gasteiger partial charge on any atom is -0.394 e. The van der Waals surface area contributed by atoms with E-state index in [0.717, 1.165) is 60.2 Å². The Hall–Kier alpha value is -2.14. The van der Waals surface area contributed by atoms with Crippen LogP contribution in [0.25, 0.3) is 10.9 Å². The SMILES string of the molecule is Cc1cc(N2CCC[C@H]2CO)c2ccc(NC(=O)C3CC3)cc2n1. The summed E-state index contributed by atoms with van der Waals surface area (Å²) in [6.07, 6.45) is 4.12. The average molecular weight is 325 g/mol. The standard InChI is InChI=1S/C19H23N3O2/c1-12-9-18(22-8-2-3-15(22)11-23)16-7-6-14(10-17(16)20-12)21-19(24)13-4-5-13/h6-7,9-10,13,15,23H,2-5,8,11H2,1H3,(H,21,24)/t15-/m0/s1. The quantitative estimate of drug-likeness (QED) is 0.907. The molecule has 0 bridgehead atoms. The smallest absolute Gasteiger partial charge is 0.227 e. The van der Waals surface area contributed by atoms with Crippen molar-refractivity contribution >= 4 is 28.2 Å². The average Bonchev–Trinajstić information content (AvgIpc) is 3.31. The number of anilines is 2. The van der Waals surface area contributed by atoms with E-state index in [0.29, 0.717) is 0 Å². The van der Waals surface area contributed by atoms with Crippen LogP contribution >= 0.6 is 0 Å². The number of amides is 1. The molecule has 24 heavy (non-hydrogen) atoms. The molecule has 2 fully saturated rings. The monoisotopic (exact) mass is 325 g/mol. The molecule has 2 heterocycles. The third-order valence-corrected chi connectivity index (χ3v) is 5.03. The predicted octanol–water partition coefficient (Wildman–Crippen LogP) is 2.85. The Morgan fingerprint density at radius 3 is 2.92 bits per heavy atom. The van der Waals surface area contributed by atoms with E-state index in [1.807, 2.05) is 25.1 Å². The third-order valence-electron chi connectivity index (χ3n) is 5.03. The number of rotatable bonds is 4. The van der Waals surface area contributed by atoms with Gasteiger partial charge in [0.1, 0.15) is 0 Å². The highest BCUT2D eigenvalue weighted by Gasteiger charge is 2.30. The second-order valence-corrected chi connectivity index (χ2v) is 6.95. The molecule has 5 heteroatoms. The maximum absolute atomic E-state index is 12.0. The Labute approximate surface area is 141 Å². The van der Waals surface area contributed by atoms with Crippen LogP contribution in [-0.4, -0.2) is 35.2 Å². The van der Waals surface area contributed by atoms with E-state index < -0.39 is 0 Å². The van der Waals surface area contributed by atoms with Gasteiger partial charge in [-0.25, -0.2) is 0 Å². The zero-order valence-corrected chi connectivity index (χ0v) is 14.0. The summed E-state index contributed by atoms with van der Waals surface area (Å²) >= 11 is 0. The first-order valence-corrected chi connectivity index (χ1v) is 8.75. The topological polar surface area (TPSA) is 65.5 Å². The van der Waals surface area contributed by atoms with Crippen molar-refractivity contribution in [2.45, 2.75) is 38.6 Å². The molecule has 0 radical (unpaired) electrons. The van der Waals surface area contributed by atoms with Gasteiger partial charge in [-0.15, -0.1) is 0 Å². The van der Waals surface area contributed by atoms with Crippen LogP contribution in [0.4, 0.5) is 11.4 Å². The number of aliphatic hydroxyl groups is 1. The molecule has 1 aliphatic heterocycles. The van der Waals surface area contributed by atoms with Crippen LogP contribution in [0.3, 0.4) is 0 Å². The number of benzene rings is 1. The minimum absolute atomic E-state index is 0.113. The molecule has 2 aliphatic rings. The van der Waals surface area contributed by atoms with Crippen molar-refractivity contribution in [3.8, 4) is 0 Å². The van der Waals surface area contributed by atoms with E-state index in [1.165, 1.54) is 0 Å². The first-order chi connectivity index (χ1) is 11.7. The van der Waals surface area contributed by atoms with Crippen LogP contribution in [0.5, 0.6) is 0 Å². The van der Waals surface area contributed by atoms with E-state index >= 15 is 0 Å². The molecule has 1 saturated carbocycles. The Bertz CT molecular complexity index is 786. The number of nitrogens with zero attached hydrogens (tertiary/aromatic N) is 2. The summed E-state index contributed by atoms with van der Waals surface area (Å²) in [6.45, 7) is 3.13. The highest BCUT2D eigenvalue weighted by atomic mass is 16.3. The van der Waals surface area contributed by atoms with Crippen LogP contribution in [-0.2, 0) is 4.79 Å². The van der Waals surface area contributed by atoms with E-state index in [9.17, 15) is 9.90 Å². The van der Waals surface area contributed by atoms with Crippen molar-refractivity contribution in [2.75, 3.05) is 23.4 Å². The molecule has 0 unspecified atom stereocenters.